The van der Waals surface area contributed by atoms with Crippen molar-refractivity contribution in [2.24, 2.45) is 0 Å². The molecule has 1 N–H and O–H groups in total. The van der Waals surface area contributed by atoms with Crippen molar-refractivity contribution in [3.05, 3.63) is 0 Å². The lowest BCUT2D eigenvalue weighted by Crippen LogP contribution is -2.43. The van der Waals surface area contributed by atoms with Crippen LogP contribution in [0.3, 0.4) is 0 Å². The Bertz CT molecular complexity index is 322. The molecule has 6 nitrogen and oxygen atoms in total. The average molecular weight is 258 g/mol. The molecule has 0 radical (unpaired) electrons. The van der Waals surface area contributed by atoms with Gasteiger partial charge in [0, 0.05) is 7.05 Å². The second-order valence-corrected chi connectivity index (χ2v) is 5.49. The second kappa shape index (κ2) is 6.03. The molecule has 1 atom stereocenters. The van der Waals surface area contributed by atoms with Crippen LogP contribution in [-0.4, -0.2) is 47.2 Å². The smallest absolute Gasteiger partial charge is 0.411 e. The number of amides is 1. The highest BCUT2D eigenvalue weighted by atomic mass is 16.6. The molecule has 0 aromatic carbocycles. The Balaban J connectivity index is 4.49. The Morgan fingerprint density at radius 1 is 1.39 bits per heavy atom. The normalized spacial score (nSPS) is 13.7. The molecule has 0 aliphatic rings. The molecule has 0 aromatic heterocycles. The lowest BCUT2D eigenvalue weighted by Gasteiger charge is -2.28. The molecule has 0 heterocycles. The van der Waals surface area contributed by atoms with Crippen molar-refractivity contribution in [2.75, 3.05) is 13.7 Å². The first-order valence-corrected chi connectivity index (χ1v) is 5.68. The van der Waals surface area contributed by atoms with Crippen LogP contribution in [0.4, 0.5) is 4.79 Å². The van der Waals surface area contributed by atoms with Gasteiger partial charge in [-0.25, -0.2) is 4.79 Å². The summed E-state index contributed by atoms with van der Waals surface area (Å²) in [5.74, 6) is -1.34. The number of rotatable bonds is 4. The predicted molar refractivity (Wildman–Crippen MR) is 65.6 cm³/mol. The summed E-state index contributed by atoms with van der Waals surface area (Å²) in [6.07, 6.45) is -0.603. The molecule has 18 heavy (non-hydrogen) atoms. The van der Waals surface area contributed by atoms with Gasteiger partial charge in [0.25, 0.3) is 0 Å². The molecule has 0 aliphatic carbocycles. The van der Waals surface area contributed by atoms with E-state index in [1.165, 1.54) is 20.9 Å². The molecule has 0 bridgehead atoms. The minimum atomic E-state index is -1.34. The number of carbonyl (C=O) groups is 1. The Kier molecular flexibility index (Phi) is 5.58. The van der Waals surface area contributed by atoms with E-state index in [0.717, 1.165) is 4.90 Å². The molecule has 104 valence electrons. The van der Waals surface area contributed by atoms with Gasteiger partial charge in [0.1, 0.15) is 11.6 Å². The summed E-state index contributed by atoms with van der Waals surface area (Å²) < 4.78 is 10.2. The van der Waals surface area contributed by atoms with E-state index < -0.39 is 23.5 Å². The topological polar surface area (TPSA) is 82.8 Å². The van der Waals surface area contributed by atoms with Gasteiger partial charge in [0.05, 0.1) is 12.7 Å². The predicted octanol–water partition coefficient (Wildman–Crippen LogP) is 1.49. The maximum atomic E-state index is 11.7. The zero-order chi connectivity index (χ0) is 14.6. The van der Waals surface area contributed by atoms with E-state index in [-0.39, 0.29) is 6.61 Å². The molecule has 0 saturated carbocycles. The highest BCUT2D eigenvalue weighted by Crippen LogP contribution is 2.12. The molecule has 0 saturated heterocycles. The molecule has 6 heteroatoms. The van der Waals surface area contributed by atoms with Gasteiger partial charge in [-0.15, -0.1) is 0 Å². The van der Waals surface area contributed by atoms with Crippen LogP contribution in [-0.2, 0) is 9.47 Å². The third-order valence-corrected chi connectivity index (χ3v) is 1.89. The van der Waals surface area contributed by atoms with E-state index in [9.17, 15) is 9.90 Å². The second-order valence-electron chi connectivity index (χ2n) is 5.49. The van der Waals surface area contributed by atoms with E-state index >= 15 is 0 Å². The summed E-state index contributed by atoms with van der Waals surface area (Å²) in [4.78, 5) is 12.9. The fourth-order valence-corrected chi connectivity index (χ4v) is 0.980. The summed E-state index contributed by atoms with van der Waals surface area (Å²) in [7, 11) is 1.45. The minimum Gasteiger partial charge on any atom is -0.444 e. The number of carbonyl (C=O) groups excluding carboxylic acids is 1. The van der Waals surface area contributed by atoms with Gasteiger partial charge in [-0.05, 0) is 34.6 Å². The highest BCUT2D eigenvalue weighted by Gasteiger charge is 2.27. The number of nitriles is 1. The molecule has 0 aliphatic heterocycles. The number of hydrogen-bond donors (Lipinski definition) is 1. The van der Waals surface area contributed by atoms with Crippen LogP contribution in [0.2, 0.25) is 0 Å². The Morgan fingerprint density at radius 2 is 1.89 bits per heavy atom. The van der Waals surface area contributed by atoms with Gasteiger partial charge in [-0.1, -0.05) is 0 Å². The first-order valence-electron chi connectivity index (χ1n) is 5.68. The standard InChI is InChI=1S/C12H22N2O4/c1-11(2,3)18-10(15)14(6)9(7-13)8-17-12(4,5)16/h9,16H,8H2,1-6H3. The fraction of sp³-hybridized carbons (Fsp3) is 0.833. The maximum Gasteiger partial charge on any atom is 0.411 e. The third-order valence-electron chi connectivity index (χ3n) is 1.89. The Hall–Kier alpha value is -1.32. The van der Waals surface area contributed by atoms with Crippen LogP contribution in [0.25, 0.3) is 0 Å². The Morgan fingerprint density at radius 3 is 2.22 bits per heavy atom. The van der Waals surface area contributed by atoms with Gasteiger partial charge in [0.15, 0.2) is 5.79 Å². The average Bonchev–Trinajstić information content (AvgIpc) is 2.13. The number of ether oxygens (including phenoxy) is 2. The summed E-state index contributed by atoms with van der Waals surface area (Å²) >= 11 is 0. The number of likely N-dealkylation sites (N-methyl/N-ethyl adjacent to an activating group) is 1. The summed E-state index contributed by atoms with van der Waals surface area (Å²) in [6.45, 7) is 8.05. The molecule has 0 spiro atoms. The third kappa shape index (κ3) is 7.09. The summed E-state index contributed by atoms with van der Waals surface area (Å²) in [5, 5.41) is 18.4. The van der Waals surface area contributed by atoms with Gasteiger partial charge in [-0.3, -0.25) is 4.90 Å². The van der Waals surface area contributed by atoms with Gasteiger partial charge >= 0.3 is 6.09 Å². The quantitative estimate of drug-likeness (QED) is 0.772. The molecular formula is C12H22N2O4. The van der Waals surface area contributed by atoms with Crippen molar-refractivity contribution < 1.29 is 19.4 Å². The summed E-state index contributed by atoms with van der Waals surface area (Å²) in [6, 6.07) is 1.12. The van der Waals surface area contributed by atoms with E-state index in [1.54, 1.807) is 20.8 Å². The Labute approximate surface area is 108 Å². The van der Waals surface area contributed by atoms with Crippen LogP contribution < -0.4 is 0 Å². The van der Waals surface area contributed by atoms with Crippen LogP contribution in [0, 0.1) is 11.3 Å². The molecule has 0 rings (SSSR count). The van der Waals surface area contributed by atoms with Crippen molar-refractivity contribution in [3.63, 3.8) is 0 Å². The van der Waals surface area contributed by atoms with Crippen molar-refractivity contribution in [1.82, 2.24) is 4.90 Å². The van der Waals surface area contributed by atoms with Crippen molar-refractivity contribution in [3.8, 4) is 6.07 Å². The monoisotopic (exact) mass is 258 g/mol. The van der Waals surface area contributed by atoms with Crippen LogP contribution in [0.15, 0.2) is 0 Å². The highest BCUT2D eigenvalue weighted by molar-refractivity contribution is 5.68. The molecule has 0 aromatic rings. The largest absolute Gasteiger partial charge is 0.444 e. The van der Waals surface area contributed by atoms with Gasteiger partial charge < -0.3 is 14.6 Å². The first kappa shape index (κ1) is 16.7. The SMILES string of the molecule is CN(C(=O)OC(C)(C)C)C(C#N)COC(C)(C)O. The van der Waals surface area contributed by atoms with Crippen molar-refractivity contribution >= 4 is 6.09 Å². The molecule has 0 fully saturated rings. The lowest BCUT2D eigenvalue weighted by atomic mass is 10.2. The zero-order valence-electron chi connectivity index (χ0n) is 11.9. The number of aliphatic hydroxyl groups is 1. The fourth-order valence-electron chi connectivity index (χ4n) is 0.980. The van der Waals surface area contributed by atoms with Crippen molar-refractivity contribution in [1.29, 1.82) is 5.26 Å². The number of hydrogen-bond acceptors (Lipinski definition) is 5. The number of nitrogens with zero attached hydrogens (tertiary/aromatic N) is 2. The van der Waals surface area contributed by atoms with Crippen LogP contribution >= 0.6 is 0 Å². The molecule has 1 unspecified atom stereocenters. The van der Waals surface area contributed by atoms with Gasteiger partial charge in [0.2, 0.25) is 0 Å². The minimum absolute atomic E-state index is 0.0876. The lowest BCUT2D eigenvalue weighted by molar-refractivity contribution is -0.181. The van der Waals surface area contributed by atoms with E-state index in [2.05, 4.69) is 0 Å². The van der Waals surface area contributed by atoms with Crippen molar-refractivity contribution in [2.45, 2.75) is 52.0 Å². The van der Waals surface area contributed by atoms with E-state index in [4.69, 9.17) is 14.7 Å². The maximum absolute atomic E-state index is 11.7. The molecular weight excluding hydrogens is 236 g/mol. The van der Waals surface area contributed by atoms with Crippen LogP contribution in [0.1, 0.15) is 34.6 Å². The first-order chi connectivity index (χ1) is 7.96. The molecule has 1 amide bonds. The summed E-state index contributed by atoms with van der Waals surface area (Å²) in [5.41, 5.74) is -0.623. The van der Waals surface area contributed by atoms with E-state index in [1.807, 2.05) is 6.07 Å². The van der Waals surface area contributed by atoms with E-state index in [0.29, 0.717) is 0 Å². The van der Waals surface area contributed by atoms with Gasteiger partial charge in [-0.2, -0.15) is 5.26 Å². The zero-order valence-corrected chi connectivity index (χ0v) is 11.9. The van der Waals surface area contributed by atoms with Crippen LogP contribution in [0.5, 0.6) is 0 Å².